The highest BCUT2D eigenvalue weighted by molar-refractivity contribution is 7.09. The van der Waals surface area contributed by atoms with Crippen molar-refractivity contribution in [2.75, 3.05) is 40.3 Å². The van der Waals surface area contributed by atoms with Crippen molar-refractivity contribution in [2.45, 2.75) is 65.3 Å². The molecule has 1 saturated carbocycles. The predicted molar refractivity (Wildman–Crippen MR) is 124 cm³/mol. The molecule has 2 saturated heterocycles. The van der Waals surface area contributed by atoms with Gasteiger partial charge in [-0.3, -0.25) is 9.59 Å². The van der Waals surface area contributed by atoms with Gasteiger partial charge < -0.3 is 14.7 Å². The molecule has 1 aromatic heterocycles. The van der Waals surface area contributed by atoms with Gasteiger partial charge in [-0.25, -0.2) is 4.98 Å². The number of carbonyl (C=O) groups is 2. The average Bonchev–Trinajstić information content (AvgIpc) is 3.08. The van der Waals surface area contributed by atoms with E-state index in [2.05, 4.69) is 44.5 Å². The fourth-order valence-corrected chi connectivity index (χ4v) is 6.61. The van der Waals surface area contributed by atoms with E-state index < -0.39 is 0 Å². The lowest BCUT2D eigenvalue weighted by Gasteiger charge is -2.34. The number of hydrogen-bond donors (Lipinski definition) is 0. The number of nitrogens with zero attached hydrogens (tertiary/aromatic N) is 4. The van der Waals surface area contributed by atoms with Crippen molar-refractivity contribution in [3.63, 3.8) is 0 Å². The molecule has 3 fully saturated rings. The van der Waals surface area contributed by atoms with E-state index in [-0.39, 0.29) is 22.7 Å². The van der Waals surface area contributed by atoms with Gasteiger partial charge in [0.2, 0.25) is 5.91 Å². The van der Waals surface area contributed by atoms with Crippen LogP contribution >= 0.6 is 11.3 Å². The topological polar surface area (TPSA) is 56.8 Å². The SMILES string of the molecule is CN1CCC(N(C)C(=O)c2csc(C3CCN(C(=O)C4C(C)(C)C4(C)C)CC3)n2)CC1. The smallest absolute Gasteiger partial charge is 0.273 e. The van der Waals surface area contributed by atoms with E-state index >= 15 is 0 Å². The summed E-state index contributed by atoms with van der Waals surface area (Å²) in [6.45, 7) is 12.5. The summed E-state index contributed by atoms with van der Waals surface area (Å²) in [5, 5.41) is 2.98. The second-order valence-corrected chi connectivity index (χ2v) is 11.9. The van der Waals surface area contributed by atoms with Gasteiger partial charge in [-0.15, -0.1) is 11.3 Å². The fourth-order valence-electron chi connectivity index (χ4n) is 5.65. The molecule has 6 nitrogen and oxygen atoms in total. The summed E-state index contributed by atoms with van der Waals surface area (Å²) < 4.78 is 0. The van der Waals surface area contributed by atoms with E-state index in [0.717, 1.165) is 56.9 Å². The van der Waals surface area contributed by atoms with Gasteiger partial charge in [-0.05, 0) is 56.7 Å². The number of hydrogen-bond acceptors (Lipinski definition) is 5. The van der Waals surface area contributed by atoms with Crippen LogP contribution in [0.25, 0.3) is 0 Å². The van der Waals surface area contributed by atoms with Crippen LogP contribution in [0.3, 0.4) is 0 Å². The van der Waals surface area contributed by atoms with Crippen LogP contribution in [-0.4, -0.2) is 77.8 Å². The minimum absolute atomic E-state index is 0.0443. The van der Waals surface area contributed by atoms with Gasteiger partial charge in [0, 0.05) is 43.4 Å². The molecule has 0 spiro atoms. The van der Waals surface area contributed by atoms with E-state index in [1.165, 1.54) is 0 Å². The number of thiazole rings is 1. The lowest BCUT2D eigenvalue weighted by atomic mass is 9.96. The molecule has 1 aliphatic carbocycles. The van der Waals surface area contributed by atoms with Crippen LogP contribution in [0.15, 0.2) is 5.38 Å². The van der Waals surface area contributed by atoms with Gasteiger partial charge >= 0.3 is 0 Å². The summed E-state index contributed by atoms with van der Waals surface area (Å²) >= 11 is 1.61. The molecule has 3 heterocycles. The summed E-state index contributed by atoms with van der Waals surface area (Å²) in [7, 11) is 4.05. The van der Waals surface area contributed by atoms with Gasteiger partial charge in [0.1, 0.15) is 5.69 Å². The Morgan fingerprint density at radius 1 is 1.03 bits per heavy atom. The molecule has 172 valence electrons. The quantitative estimate of drug-likeness (QED) is 0.708. The first kappa shape index (κ1) is 22.7. The number of amides is 2. The molecular formula is C24H38N4O2S. The first-order valence-electron chi connectivity index (χ1n) is 11.7. The van der Waals surface area contributed by atoms with Crippen molar-refractivity contribution in [1.82, 2.24) is 19.7 Å². The summed E-state index contributed by atoms with van der Waals surface area (Å²) in [5.41, 5.74) is 0.762. The largest absolute Gasteiger partial charge is 0.342 e. The van der Waals surface area contributed by atoms with Crippen molar-refractivity contribution >= 4 is 23.2 Å². The molecule has 0 radical (unpaired) electrons. The van der Waals surface area contributed by atoms with Crippen LogP contribution in [0.2, 0.25) is 0 Å². The zero-order chi connectivity index (χ0) is 22.6. The van der Waals surface area contributed by atoms with E-state index in [9.17, 15) is 9.59 Å². The van der Waals surface area contributed by atoms with E-state index in [0.29, 0.717) is 23.6 Å². The Morgan fingerprint density at radius 2 is 1.61 bits per heavy atom. The fraction of sp³-hybridized carbons (Fsp3) is 0.792. The molecule has 0 unspecified atom stereocenters. The lowest BCUT2D eigenvalue weighted by Crippen LogP contribution is -2.44. The lowest BCUT2D eigenvalue weighted by molar-refractivity contribution is -0.134. The number of carbonyl (C=O) groups excluding carboxylic acids is 2. The third-order valence-electron chi connectivity index (χ3n) is 8.72. The molecule has 0 atom stereocenters. The molecule has 7 heteroatoms. The molecular weight excluding hydrogens is 408 g/mol. The molecule has 2 amide bonds. The predicted octanol–water partition coefficient (Wildman–Crippen LogP) is 3.70. The maximum absolute atomic E-state index is 13.0. The van der Waals surface area contributed by atoms with E-state index in [1.54, 1.807) is 11.3 Å². The van der Waals surface area contributed by atoms with Crippen molar-refractivity contribution in [1.29, 1.82) is 0 Å². The summed E-state index contributed by atoms with van der Waals surface area (Å²) in [5.74, 6) is 0.853. The monoisotopic (exact) mass is 446 g/mol. The maximum atomic E-state index is 13.0. The molecule has 0 bridgehead atoms. The van der Waals surface area contributed by atoms with Crippen LogP contribution in [0.5, 0.6) is 0 Å². The number of likely N-dealkylation sites (tertiary alicyclic amines) is 2. The molecule has 4 rings (SSSR count). The van der Waals surface area contributed by atoms with Crippen molar-refractivity contribution < 1.29 is 9.59 Å². The first-order valence-corrected chi connectivity index (χ1v) is 12.6. The van der Waals surface area contributed by atoms with Crippen LogP contribution < -0.4 is 0 Å². The first-order chi connectivity index (χ1) is 14.5. The van der Waals surface area contributed by atoms with Crippen molar-refractivity contribution in [3.05, 3.63) is 16.1 Å². The Hall–Kier alpha value is -1.47. The van der Waals surface area contributed by atoms with E-state index in [1.807, 2.05) is 17.3 Å². The normalized spacial score (nSPS) is 24.9. The van der Waals surface area contributed by atoms with Crippen molar-refractivity contribution in [3.8, 4) is 0 Å². The summed E-state index contributed by atoms with van der Waals surface area (Å²) in [4.78, 5) is 37.0. The highest BCUT2D eigenvalue weighted by Crippen LogP contribution is 2.68. The van der Waals surface area contributed by atoms with Gasteiger partial charge in [0.05, 0.1) is 5.01 Å². The van der Waals surface area contributed by atoms with E-state index in [4.69, 9.17) is 4.98 Å². The number of piperidine rings is 2. The Balaban J connectivity index is 1.32. The third kappa shape index (κ3) is 4.04. The Morgan fingerprint density at radius 3 is 2.16 bits per heavy atom. The molecule has 1 aromatic rings. The zero-order valence-corrected chi connectivity index (χ0v) is 20.8. The number of rotatable bonds is 4. The standard InChI is InChI=1S/C24H38N4O2S/c1-23(2)19(24(23,3)4)22(30)28-13-7-16(8-14-28)20-25-18(15-31-20)21(29)27(6)17-9-11-26(5)12-10-17/h15-17,19H,7-14H2,1-6H3. The summed E-state index contributed by atoms with van der Waals surface area (Å²) in [6.07, 6.45) is 3.92. The Labute approximate surface area is 191 Å². The highest BCUT2D eigenvalue weighted by Gasteiger charge is 2.68. The number of aromatic nitrogens is 1. The molecule has 3 aliphatic rings. The van der Waals surface area contributed by atoms with Crippen LogP contribution in [0.4, 0.5) is 0 Å². The zero-order valence-electron chi connectivity index (χ0n) is 20.0. The second-order valence-electron chi connectivity index (χ2n) is 11.0. The second kappa shape index (κ2) is 8.14. The van der Waals surface area contributed by atoms with Crippen molar-refractivity contribution in [2.24, 2.45) is 16.7 Å². The highest BCUT2D eigenvalue weighted by atomic mass is 32.1. The molecule has 2 aliphatic heterocycles. The maximum Gasteiger partial charge on any atom is 0.273 e. The van der Waals surface area contributed by atoms with Gasteiger partial charge in [-0.1, -0.05) is 27.7 Å². The van der Waals surface area contributed by atoms with Crippen LogP contribution in [0, 0.1) is 16.7 Å². The van der Waals surface area contributed by atoms with Gasteiger partial charge in [-0.2, -0.15) is 0 Å². The molecule has 0 N–H and O–H groups in total. The Bertz CT molecular complexity index is 818. The molecule has 31 heavy (non-hydrogen) atoms. The van der Waals surface area contributed by atoms with Gasteiger partial charge in [0.25, 0.3) is 5.91 Å². The minimum atomic E-state index is 0.0443. The minimum Gasteiger partial charge on any atom is -0.342 e. The van der Waals surface area contributed by atoms with Crippen LogP contribution in [0.1, 0.15) is 74.8 Å². The van der Waals surface area contributed by atoms with Crippen LogP contribution in [-0.2, 0) is 4.79 Å². The summed E-state index contributed by atoms with van der Waals surface area (Å²) in [6, 6.07) is 0.305. The van der Waals surface area contributed by atoms with Gasteiger partial charge in [0.15, 0.2) is 0 Å². The third-order valence-corrected chi connectivity index (χ3v) is 9.73. The average molecular weight is 447 g/mol. The molecule has 0 aromatic carbocycles. The Kier molecular flexibility index (Phi) is 5.97.